The number of aliphatic hydroxyl groups is 1. The Morgan fingerprint density at radius 3 is 2.62 bits per heavy atom. The van der Waals surface area contributed by atoms with Crippen molar-refractivity contribution in [2.75, 3.05) is 6.54 Å². The molecule has 1 saturated carbocycles. The second-order valence-electron chi connectivity index (χ2n) is 4.53. The lowest BCUT2D eigenvalue weighted by molar-refractivity contribution is 0.181. The lowest BCUT2D eigenvalue weighted by atomic mass is 10.1. The summed E-state index contributed by atoms with van der Waals surface area (Å²) in [6, 6.07) is 0.668. The lowest BCUT2D eigenvalue weighted by Crippen LogP contribution is -2.27. The Bertz CT molecular complexity index is 132. The fraction of sp³-hybridized carbons (Fsp3) is 1.00. The quantitative estimate of drug-likeness (QED) is 0.594. The van der Waals surface area contributed by atoms with Crippen molar-refractivity contribution in [2.24, 2.45) is 5.92 Å². The van der Waals surface area contributed by atoms with Crippen LogP contribution in [-0.4, -0.2) is 23.8 Å². The zero-order valence-corrected chi connectivity index (χ0v) is 8.92. The molecule has 2 heteroatoms. The van der Waals surface area contributed by atoms with Gasteiger partial charge in [0, 0.05) is 6.04 Å². The molecule has 0 spiro atoms. The molecule has 1 aliphatic carbocycles. The third kappa shape index (κ3) is 6.05. The Morgan fingerprint density at radius 1 is 1.38 bits per heavy atom. The molecule has 0 saturated heterocycles. The smallest absolute Gasteiger partial charge is 0.0512 e. The summed E-state index contributed by atoms with van der Waals surface area (Å²) < 4.78 is 0. The number of nitrogens with one attached hydrogen (secondary N) is 1. The Balaban J connectivity index is 1.85. The molecular formula is C11H23NO. The van der Waals surface area contributed by atoms with Crippen LogP contribution in [-0.2, 0) is 0 Å². The Morgan fingerprint density at radius 2 is 2.08 bits per heavy atom. The predicted octanol–water partition coefficient (Wildman–Crippen LogP) is 1.93. The molecule has 0 aromatic rings. The van der Waals surface area contributed by atoms with Crippen LogP contribution in [0.1, 0.15) is 46.0 Å². The molecular weight excluding hydrogens is 162 g/mol. The van der Waals surface area contributed by atoms with Crippen molar-refractivity contribution in [1.82, 2.24) is 5.32 Å². The highest BCUT2D eigenvalue weighted by atomic mass is 16.3. The maximum absolute atomic E-state index is 9.05. The first-order valence-corrected chi connectivity index (χ1v) is 5.60. The van der Waals surface area contributed by atoms with Gasteiger partial charge in [-0.05, 0) is 45.6 Å². The van der Waals surface area contributed by atoms with Gasteiger partial charge in [-0.1, -0.05) is 12.8 Å². The summed E-state index contributed by atoms with van der Waals surface area (Å²) in [5.41, 5.74) is 0. The zero-order chi connectivity index (χ0) is 9.68. The summed E-state index contributed by atoms with van der Waals surface area (Å²) in [6.07, 6.45) is 6.10. The Kier molecular flexibility index (Phi) is 4.74. The molecule has 0 aromatic heterocycles. The average Bonchev–Trinajstić information content (AvgIpc) is 2.81. The van der Waals surface area contributed by atoms with E-state index in [9.17, 15) is 0 Å². The van der Waals surface area contributed by atoms with Gasteiger partial charge in [0.1, 0.15) is 0 Å². The lowest BCUT2D eigenvalue weighted by Gasteiger charge is -2.13. The third-order valence-corrected chi connectivity index (χ3v) is 2.68. The first-order valence-electron chi connectivity index (χ1n) is 5.60. The van der Waals surface area contributed by atoms with Gasteiger partial charge in [0.2, 0.25) is 0 Å². The minimum absolute atomic E-state index is 0.138. The highest BCUT2D eigenvalue weighted by Crippen LogP contribution is 2.33. The van der Waals surface area contributed by atoms with E-state index in [1.165, 1.54) is 19.3 Å². The van der Waals surface area contributed by atoms with Crippen molar-refractivity contribution in [3.8, 4) is 0 Å². The maximum atomic E-state index is 9.05. The Hall–Kier alpha value is -0.0800. The minimum Gasteiger partial charge on any atom is -0.393 e. The van der Waals surface area contributed by atoms with Crippen LogP contribution in [0.15, 0.2) is 0 Å². The monoisotopic (exact) mass is 185 g/mol. The van der Waals surface area contributed by atoms with Crippen LogP contribution in [0.3, 0.4) is 0 Å². The molecule has 2 N–H and O–H groups in total. The van der Waals surface area contributed by atoms with Gasteiger partial charge in [0.05, 0.1) is 6.10 Å². The van der Waals surface area contributed by atoms with Crippen molar-refractivity contribution in [2.45, 2.75) is 58.1 Å². The molecule has 0 bridgehead atoms. The second kappa shape index (κ2) is 5.61. The van der Waals surface area contributed by atoms with Gasteiger partial charge >= 0.3 is 0 Å². The number of rotatable bonds is 7. The predicted molar refractivity (Wildman–Crippen MR) is 55.7 cm³/mol. The second-order valence-corrected chi connectivity index (χ2v) is 4.53. The molecule has 2 atom stereocenters. The highest BCUT2D eigenvalue weighted by molar-refractivity contribution is 4.77. The first kappa shape index (κ1) is 11.0. The van der Waals surface area contributed by atoms with Gasteiger partial charge in [0.25, 0.3) is 0 Å². The van der Waals surface area contributed by atoms with E-state index in [1.54, 1.807) is 0 Å². The van der Waals surface area contributed by atoms with Crippen LogP contribution in [0.4, 0.5) is 0 Å². The molecule has 13 heavy (non-hydrogen) atoms. The minimum atomic E-state index is -0.138. The molecule has 2 nitrogen and oxygen atoms in total. The number of hydrogen-bond acceptors (Lipinski definition) is 2. The Labute approximate surface area is 81.7 Å². The molecule has 1 fully saturated rings. The molecule has 0 aromatic carbocycles. The molecule has 1 aliphatic rings. The van der Waals surface area contributed by atoms with Crippen molar-refractivity contribution < 1.29 is 5.11 Å². The van der Waals surface area contributed by atoms with E-state index >= 15 is 0 Å². The summed E-state index contributed by atoms with van der Waals surface area (Å²) in [7, 11) is 0. The van der Waals surface area contributed by atoms with Crippen LogP contribution < -0.4 is 5.32 Å². The standard InChI is InChI=1S/C11H23NO/c1-9(8-11-5-6-11)12-7-3-4-10(2)13/h9-13H,3-8H2,1-2H3. The van der Waals surface area contributed by atoms with Crippen LogP contribution >= 0.6 is 0 Å². The topological polar surface area (TPSA) is 32.3 Å². The van der Waals surface area contributed by atoms with Gasteiger partial charge in [-0.25, -0.2) is 0 Å². The van der Waals surface area contributed by atoms with Gasteiger partial charge in [-0.2, -0.15) is 0 Å². The van der Waals surface area contributed by atoms with Gasteiger partial charge in [0.15, 0.2) is 0 Å². The van der Waals surface area contributed by atoms with Gasteiger partial charge in [-0.3, -0.25) is 0 Å². The number of hydrogen-bond donors (Lipinski definition) is 2. The van der Waals surface area contributed by atoms with E-state index in [0.29, 0.717) is 6.04 Å². The van der Waals surface area contributed by atoms with E-state index in [2.05, 4.69) is 12.2 Å². The SMILES string of the molecule is CC(O)CCCNC(C)CC1CC1. The molecule has 1 rings (SSSR count). The summed E-state index contributed by atoms with van der Waals surface area (Å²) >= 11 is 0. The summed E-state index contributed by atoms with van der Waals surface area (Å²) in [6.45, 7) is 5.17. The maximum Gasteiger partial charge on any atom is 0.0512 e. The van der Waals surface area contributed by atoms with Crippen LogP contribution in [0, 0.1) is 5.92 Å². The summed E-state index contributed by atoms with van der Waals surface area (Å²) in [4.78, 5) is 0. The molecule has 0 amide bonds. The molecule has 0 radical (unpaired) electrons. The first-order chi connectivity index (χ1) is 6.18. The largest absolute Gasteiger partial charge is 0.393 e. The van der Waals surface area contributed by atoms with Crippen LogP contribution in [0.25, 0.3) is 0 Å². The third-order valence-electron chi connectivity index (χ3n) is 2.68. The van der Waals surface area contributed by atoms with E-state index in [1.807, 2.05) is 6.92 Å². The van der Waals surface area contributed by atoms with Crippen molar-refractivity contribution >= 4 is 0 Å². The number of aliphatic hydroxyl groups excluding tert-OH is 1. The van der Waals surface area contributed by atoms with Gasteiger partial charge < -0.3 is 10.4 Å². The van der Waals surface area contributed by atoms with E-state index in [4.69, 9.17) is 5.11 Å². The van der Waals surface area contributed by atoms with Crippen molar-refractivity contribution in [1.29, 1.82) is 0 Å². The van der Waals surface area contributed by atoms with Gasteiger partial charge in [-0.15, -0.1) is 0 Å². The van der Waals surface area contributed by atoms with E-state index in [-0.39, 0.29) is 6.10 Å². The fourth-order valence-corrected chi connectivity index (χ4v) is 1.68. The van der Waals surface area contributed by atoms with Crippen LogP contribution in [0.5, 0.6) is 0 Å². The van der Waals surface area contributed by atoms with E-state index < -0.39 is 0 Å². The summed E-state index contributed by atoms with van der Waals surface area (Å²) in [5.74, 6) is 1.01. The van der Waals surface area contributed by atoms with Crippen molar-refractivity contribution in [3.63, 3.8) is 0 Å². The normalized spacial score (nSPS) is 21.5. The molecule has 0 aliphatic heterocycles. The van der Waals surface area contributed by atoms with E-state index in [0.717, 1.165) is 25.3 Å². The zero-order valence-electron chi connectivity index (χ0n) is 8.92. The molecule has 0 heterocycles. The summed E-state index contributed by atoms with van der Waals surface area (Å²) in [5, 5.41) is 12.5. The molecule has 78 valence electrons. The highest BCUT2D eigenvalue weighted by Gasteiger charge is 2.22. The fourth-order valence-electron chi connectivity index (χ4n) is 1.68. The van der Waals surface area contributed by atoms with Crippen LogP contribution in [0.2, 0.25) is 0 Å². The average molecular weight is 185 g/mol. The molecule has 2 unspecified atom stereocenters. The van der Waals surface area contributed by atoms with Crippen molar-refractivity contribution in [3.05, 3.63) is 0 Å².